The van der Waals surface area contributed by atoms with E-state index >= 15 is 0 Å². The topological polar surface area (TPSA) is 142 Å². The van der Waals surface area contributed by atoms with E-state index in [0.717, 1.165) is 0 Å². The molecule has 0 amide bonds. The minimum absolute atomic E-state index is 0. The maximum absolute atomic E-state index is 10.4. The number of hydrogen-bond donors (Lipinski definition) is 2. The summed E-state index contributed by atoms with van der Waals surface area (Å²) >= 11 is 0. The maximum Gasteiger partial charge on any atom is 2.00 e. The van der Waals surface area contributed by atoms with Crippen molar-refractivity contribution in [1.82, 2.24) is 0 Å². The second kappa shape index (κ2) is 10.1. The molecular weight excluding hydrogens is 383 g/mol. The van der Waals surface area contributed by atoms with Crippen LogP contribution in [-0.4, -0.2) is 22.2 Å². The van der Waals surface area contributed by atoms with Gasteiger partial charge < -0.3 is 22.5 Å². The van der Waals surface area contributed by atoms with Crippen LogP contribution >= 0.6 is 0 Å². The van der Waals surface area contributed by atoms with Crippen LogP contribution in [0.15, 0.2) is 0 Å². The van der Waals surface area contributed by atoms with E-state index < -0.39 is 17.4 Å². The summed E-state index contributed by atoms with van der Waals surface area (Å²) in [5.74, 6) is -2.41. The van der Waals surface area contributed by atoms with Crippen LogP contribution in [0.4, 0.5) is 0 Å². The van der Waals surface area contributed by atoms with Crippen LogP contribution in [0.25, 0.3) is 12.3 Å². The molecule has 0 unspecified atom stereocenters. The van der Waals surface area contributed by atoms with E-state index in [2.05, 4.69) is 0 Å². The third kappa shape index (κ3) is 4.73. The summed E-state index contributed by atoms with van der Waals surface area (Å²) in [5, 5.41) is 16.9. The molecule has 1 rings (SSSR count). The van der Waals surface area contributed by atoms with Crippen molar-refractivity contribution in [2.75, 3.05) is 0 Å². The zero-order chi connectivity index (χ0) is 7.78. The molecule has 0 saturated heterocycles. The molecule has 7 heteroatoms. The SMILES string of the molecule is C.C.O=C(O)C1(C(=O)O)CCC1.[NH2-].[NH2-].[Pt+2]. The summed E-state index contributed by atoms with van der Waals surface area (Å²) in [4.78, 5) is 20.7. The van der Waals surface area contributed by atoms with Gasteiger partial charge in [-0.05, 0) is 19.3 Å². The van der Waals surface area contributed by atoms with E-state index in [-0.39, 0.29) is 61.1 Å². The van der Waals surface area contributed by atoms with Crippen LogP contribution in [0, 0.1) is 5.41 Å². The minimum atomic E-state index is -1.44. The normalized spacial score (nSPS) is 14.1. The number of carbonyl (C=O) groups is 2. The van der Waals surface area contributed by atoms with Gasteiger partial charge in [0, 0.05) is 0 Å². The van der Waals surface area contributed by atoms with Gasteiger partial charge in [-0.15, -0.1) is 0 Å². The first-order valence-corrected chi connectivity index (χ1v) is 3.06. The van der Waals surface area contributed by atoms with E-state index in [1.165, 1.54) is 0 Å². The number of nitrogens with two attached hydrogens (primary N) is 2. The average Bonchev–Trinajstić information content (AvgIpc) is 1.57. The summed E-state index contributed by atoms with van der Waals surface area (Å²) in [6.07, 6.45) is 1.26. The number of carboxylic acids is 2. The Morgan fingerprint density at radius 3 is 1.20 bits per heavy atom. The van der Waals surface area contributed by atoms with Gasteiger partial charge in [0.25, 0.3) is 0 Å². The molecule has 0 aromatic rings. The van der Waals surface area contributed by atoms with Crippen molar-refractivity contribution >= 4 is 11.9 Å². The predicted molar refractivity (Wildman–Crippen MR) is 55.6 cm³/mol. The smallest absolute Gasteiger partial charge is 0.693 e. The summed E-state index contributed by atoms with van der Waals surface area (Å²) < 4.78 is 0. The van der Waals surface area contributed by atoms with Gasteiger partial charge in [-0.1, -0.05) is 14.9 Å². The fourth-order valence-corrected chi connectivity index (χ4v) is 1.05. The monoisotopic (exact) mass is 403 g/mol. The summed E-state index contributed by atoms with van der Waals surface area (Å²) in [6, 6.07) is 0. The minimum Gasteiger partial charge on any atom is -0.693 e. The van der Waals surface area contributed by atoms with Gasteiger partial charge in [-0.2, -0.15) is 0 Å². The third-order valence-corrected chi connectivity index (χ3v) is 2.03. The third-order valence-electron chi connectivity index (χ3n) is 2.03. The van der Waals surface area contributed by atoms with Gasteiger partial charge in [-0.3, -0.25) is 9.59 Å². The Balaban J connectivity index is -0.0000000667. The first kappa shape index (κ1) is 29.3. The fourth-order valence-electron chi connectivity index (χ4n) is 1.05. The molecule has 1 saturated carbocycles. The van der Waals surface area contributed by atoms with Crippen molar-refractivity contribution in [2.45, 2.75) is 34.1 Å². The van der Waals surface area contributed by atoms with E-state index in [1.807, 2.05) is 0 Å². The van der Waals surface area contributed by atoms with E-state index in [9.17, 15) is 9.59 Å². The summed E-state index contributed by atoms with van der Waals surface area (Å²) in [6.45, 7) is 0. The van der Waals surface area contributed by atoms with Crippen molar-refractivity contribution in [2.24, 2.45) is 5.41 Å². The van der Waals surface area contributed by atoms with Gasteiger partial charge in [0.15, 0.2) is 5.41 Å². The van der Waals surface area contributed by atoms with Gasteiger partial charge in [0.05, 0.1) is 0 Å². The molecule has 6 N–H and O–H groups in total. The Morgan fingerprint density at radius 1 is 0.933 bits per heavy atom. The molecule has 0 aliphatic heterocycles. The molecule has 0 heterocycles. The molecule has 6 nitrogen and oxygen atoms in total. The molecule has 0 radical (unpaired) electrons. The second-order valence-corrected chi connectivity index (χ2v) is 2.55. The quantitative estimate of drug-likeness (QED) is 0.683. The summed E-state index contributed by atoms with van der Waals surface area (Å²) in [5.41, 5.74) is -1.44. The van der Waals surface area contributed by atoms with Crippen LogP contribution < -0.4 is 0 Å². The Bertz CT molecular complexity index is 179. The van der Waals surface area contributed by atoms with Crippen molar-refractivity contribution in [3.05, 3.63) is 12.3 Å². The number of rotatable bonds is 2. The zero-order valence-corrected chi connectivity index (χ0v) is 9.08. The molecule has 96 valence electrons. The molecule has 1 aliphatic carbocycles. The van der Waals surface area contributed by atoms with Gasteiger partial charge in [0.1, 0.15) is 0 Å². The fraction of sp³-hybridized carbons (Fsp3) is 0.750. The van der Waals surface area contributed by atoms with Crippen LogP contribution in [0.3, 0.4) is 0 Å². The molecule has 0 atom stereocenters. The number of hydrogen-bond acceptors (Lipinski definition) is 2. The Labute approximate surface area is 105 Å². The van der Waals surface area contributed by atoms with Crippen molar-refractivity contribution in [1.29, 1.82) is 0 Å². The average molecular weight is 403 g/mol. The second-order valence-electron chi connectivity index (χ2n) is 2.55. The molecule has 0 aromatic heterocycles. The van der Waals surface area contributed by atoms with Crippen LogP contribution in [0.2, 0.25) is 0 Å². The van der Waals surface area contributed by atoms with Crippen LogP contribution in [-0.2, 0) is 30.7 Å². The first-order chi connectivity index (χ1) is 4.59. The van der Waals surface area contributed by atoms with Crippen LogP contribution in [0.1, 0.15) is 34.1 Å². The molecule has 15 heavy (non-hydrogen) atoms. The number of carboxylic acid groups (broad SMARTS) is 2. The molecule has 0 bridgehead atoms. The number of aliphatic carboxylic acids is 2. The Morgan fingerprint density at radius 2 is 1.20 bits per heavy atom. The molecule has 1 aliphatic rings. The van der Waals surface area contributed by atoms with E-state index in [1.54, 1.807) is 0 Å². The summed E-state index contributed by atoms with van der Waals surface area (Å²) in [7, 11) is 0. The molecule has 0 aromatic carbocycles. The van der Waals surface area contributed by atoms with Crippen molar-refractivity contribution in [3.8, 4) is 0 Å². The largest absolute Gasteiger partial charge is 2.00 e. The zero-order valence-electron chi connectivity index (χ0n) is 6.80. The van der Waals surface area contributed by atoms with Crippen LogP contribution in [0.5, 0.6) is 0 Å². The Kier molecular flexibility index (Phi) is 19.7. The van der Waals surface area contributed by atoms with Gasteiger partial charge in [0.2, 0.25) is 0 Å². The van der Waals surface area contributed by atoms with Crippen molar-refractivity contribution in [3.63, 3.8) is 0 Å². The standard InChI is InChI=1S/C6H8O4.2CH4.2H2N.Pt/c7-4(8)6(5(9)10)2-1-3-6;;;;;/h1-3H2,(H,7,8)(H,9,10);2*1H4;2*1H2;/q;;;2*-1;+2. The first-order valence-electron chi connectivity index (χ1n) is 3.06. The van der Waals surface area contributed by atoms with Gasteiger partial charge >= 0.3 is 33.0 Å². The predicted octanol–water partition coefficient (Wildman–Crippen LogP) is 3.03. The molecular formula is C8H20N2O4Pt. The maximum atomic E-state index is 10.4. The van der Waals surface area contributed by atoms with Crippen molar-refractivity contribution < 1.29 is 40.9 Å². The van der Waals surface area contributed by atoms with Gasteiger partial charge in [-0.25, -0.2) is 0 Å². The van der Waals surface area contributed by atoms with E-state index in [0.29, 0.717) is 6.42 Å². The molecule has 1 fully saturated rings. The molecule has 0 spiro atoms. The van der Waals surface area contributed by atoms with E-state index in [4.69, 9.17) is 10.2 Å². The Hall–Kier alpha value is -0.452.